The fourth-order valence-electron chi connectivity index (χ4n) is 3.12. The minimum absolute atomic E-state index is 0.183. The van der Waals surface area contributed by atoms with Crippen molar-refractivity contribution in [2.75, 3.05) is 24.2 Å². The summed E-state index contributed by atoms with van der Waals surface area (Å²) in [6.45, 7) is -0.269. The van der Waals surface area contributed by atoms with E-state index in [9.17, 15) is 13.2 Å². The van der Waals surface area contributed by atoms with E-state index in [1.807, 2.05) is 0 Å². The summed E-state index contributed by atoms with van der Waals surface area (Å²) in [4.78, 5) is 12.5. The van der Waals surface area contributed by atoms with Crippen LogP contribution in [0.3, 0.4) is 0 Å². The van der Waals surface area contributed by atoms with Gasteiger partial charge in [-0.1, -0.05) is 41.4 Å². The highest BCUT2D eigenvalue weighted by atomic mass is 79.9. The Labute approximate surface area is 241 Å². The fraction of sp³-hybridized carbons (Fsp3) is 0.167. The minimum atomic E-state index is -3.72. The van der Waals surface area contributed by atoms with E-state index in [1.165, 1.54) is 13.3 Å². The summed E-state index contributed by atoms with van der Waals surface area (Å²) in [5.74, 6) is 0.250. The number of hydrogen-bond donors (Lipinski definition) is 1. The maximum Gasteiger partial charge on any atom is 0.260 e. The summed E-state index contributed by atoms with van der Waals surface area (Å²) in [5, 5.41) is 4.96. The van der Waals surface area contributed by atoms with Gasteiger partial charge in [0.1, 0.15) is 13.2 Å². The first-order valence-electron chi connectivity index (χ1n) is 10.5. The number of carbonyl (C=O) groups excluding carboxylic acids is 1. The van der Waals surface area contributed by atoms with Gasteiger partial charge in [-0.25, -0.2) is 13.8 Å². The molecular weight excluding hydrogens is 673 g/mol. The zero-order valence-electron chi connectivity index (χ0n) is 19.5. The summed E-state index contributed by atoms with van der Waals surface area (Å²) < 4.78 is 38.0. The molecule has 8 nitrogen and oxygen atoms in total. The predicted octanol–water partition coefficient (Wildman–Crippen LogP) is 6.02. The average Bonchev–Trinajstić information content (AvgIpc) is 2.82. The van der Waals surface area contributed by atoms with Crippen LogP contribution in [0, 0.1) is 0 Å². The molecule has 0 saturated heterocycles. The van der Waals surface area contributed by atoms with Gasteiger partial charge in [-0.15, -0.1) is 0 Å². The molecule has 3 aromatic carbocycles. The SMILES string of the molecule is COc1cc(/C=N\NC(=O)CN(c2ccccc2Br)S(C)(=O)=O)cc(Br)c1OCc1ccc(Cl)cc1Cl. The highest BCUT2D eigenvalue weighted by molar-refractivity contribution is 9.11. The second kappa shape index (κ2) is 13.0. The van der Waals surface area contributed by atoms with Crippen molar-refractivity contribution in [1.82, 2.24) is 5.43 Å². The lowest BCUT2D eigenvalue weighted by Gasteiger charge is -2.22. The third-order valence-electron chi connectivity index (χ3n) is 4.85. The molecule has 37 heavy (non-hydrogen) atoms. The number of halogens is 4. The number of anilines is 1. The zero-order valence-corrected chi connectivity index (χ0v) is 25.0. The van der Waals surface area contributed by atoms with Gasteiger partial charge in [0.05, 0.1) is 29.7 Å². The van der Waals surface area contributed by atoms with Crippen LogP contribution in [0.25, 0.3) is 0 Å². The van der Waals surface area contributed by atoms with Gasteiger partial charge in [-0.05, 0) is 73.8 Å². The molecule has 1 amide bonds. The molecule has 0 aliphatic carbocycles. The minimum Gasteiger partial charge on any atom is -0.493 e. The molecule has 0 aliphatic heterocycles. The van der Waals surface area contributed by atoms with Crippen LogP contribution >= 0.6 is 55.1 Å². The highest BCUT2D eigenvalue weighted by Gasteiger charge is 2.22. The molecule has 196 valence electrons. The summed E-state index contributed by atoms with van der Waals surface area (Å²) in [6, 6.07) is 15.2. The second-order valence-corrected chi connectivity index (χ2v) is 12.0. The Hall–Kier alpha value is -2.31. The first-order valence-corrected chi connectivity index (χ1v) is 14.7. The van der Waals surface area contributed by atoms with E-state index < -0.39 is 22.5 Å². The summed E-state index contributed by atoms with van der Waals surface area (Å²) in [7, 11) is -2.23. The second-order valence-electron chi connectivity index (χ2n) is 7.57. The number of carbonyl (C=O) groups is 1. The standard InChI is InChI=1S/C24H21Br2Cl2N3O5S/c1-35-22-10-15(9-19(26)24(22)36-14-16-7-8-17(27)11-20(16)28)12-29-30-23(32)13-31(37(2,33)34)21-6-4-3-5-18(21)25/h3-12H,13-14H2,1-2H3,(H,30,32)/b29-12-. The topological polar surface area (TPSA) is 97.3 Å². The third-order valence-corrected chi connectivity index (χ3v) is 7.82. The van der Waals surface area contributed by atoms with Crippen LogP contribution in [0.4, 0.5) is 5.69 Å². The first kappa shape index (κ1) is 29.2. The van der Waals surface area contributed by atoms with E-state index in [1.54, 1.807) is 54.6 Å². The fourth-order valence-corrected chi connectivity index (χ4v) is 5.64. The Morgan fingerprint density at radius 1 is 1.11 bits per heavy atom. The Balaban J connectivity index is 1.69. The first-order chi connectivity index (χ1) is 17.5. The molecule has 0 aromatic heterocycles. The number of nitrogens with zero attached hydrogens (tertiary/aromatic N) is 2. The van der Waals surface area contributed by atoms with Gasteiger partial charge in [0.15, 0.2) is 11.5 Å². The number of nitrogens with one attached hydrogen (secondary N) is 1. The average molecular weight is 694 g/mol. The van der Waals surface area contributed by atoms with E-state index in [0.717, 1.165) is 16.1 Å². The van der Waals surface area contributed by atoms with Crippen LogP contribution in [-0.4, -0.2) is 40.4 Å². The van der Waals surface area contributed by atoms with Gasteiger partial charge in [0.2, 0.25) is 10.0 Å². The van der Waals surface area contributed by atoms with E-state index in [2.05, 4.69) is 42.4 Å². The number of ether oxygens (including phenoxy) is 2. The molecule has 13 heteroatoms. The van der Waals surface area contributed by atoms with E-state index in [4.69, 9.17) is 32.7 Å². The lowest BCUT2D eigenvalue weighted by molar-refractivity contribution is -0.119. The lowest BCUT2D eigenvalue weighted by atomic mass is 10.2. The summed E-state index contributed by atoms with van der Waals surface area (Å²) in [5.41, 5.74) is 4.03. The number of sulfonamides is 1. The van der Waals surface area contributed by atoms with Crippen molar-refractivity contribution >= 4 is 82.9 Å². The van der Waals surface area contributed by atoms with Crippen LogP contribution in [0.5, 0.6) is 11.5 Å². The molecule has 3 rings (SSSR count). The van der Waals surface area contributed by atoms with E-state index in [-0.39, 0.29) is 6.61 Å². The number of methoxy groups -OCH3 is 1. The molecular formula is C24H21Br2Cl2N3O5S. The van der Waals surface area contributed by atoms with E-state index >= 15 is 0 Å². The molecule has 0 bridgehead atoms. The van der Waals surface area contributed by atoms with Gasteiger partial charge < -0.3 is 9.47 Å². The van der Waals surface area contributed by atoms with Crippen LogP contribution in [0.1, 0.15) is 11.1 Å². The van der Waals surface area contributed by atoms with Crippen LogP contribution in [-0.2, 0) is 21.4 Å². The van der Waals surface area contributed by atoms with Gasteiger partial charge in [-0.2, -0.15) is 5.10 Å². The zero-order chi connectivity index (χ0) is 27.2. The normalized spacial score (nSPS) is 11.4. The molecule has 0 heterocycles. The van der Waals surface area contributed by atoms with Gasteiger partial charge in [0.25, 0.3) is 5.91 Å². The number of hydrogen-bond acceptors (Lipinski definition) is 6. The van der Waals surface area contributed by atoms with Crippen molar-refractivity contribution in [2.24, 2.45) is 5.10 Å². The summed E-state index contributed by atoms with van der Waals surface area (Å²) in [6.07, 6.45) is 2.42. The molecule has 0 spiro atoms. The van der Waals surface area contributed by atoms with Crippen LogP contribution in [0.2, 0.25) is 10.0 Å². The van der Waals surface area contributed by atoms with Gasteiger partial charge in [0, 0.05) is 20.1 Å². The third kappa shape index (κ3) is 8.08. The number of amides is 1. The predicted molar refractivity (Wildman–Crippen MR) is 154 cm³/mol. The van der Waals surface area contributed by atoms with Gasteiger partial charge in [-0.3, -0.25) is 9.10 Å². The molecule has 0 unspecified atom stereocenters. The molecule has 1 N–H and O–H groups in total. The molecule has 0 radical (unpaired) electrons. The number of rotatable bonds is 10. The Bertz CT molecular complexity index is 1440. The number of hydrazone groups is 1. The number of para-hydroxylation sites is 1. The Morgan fingerprint density at radius 2 is 1.84 bits per heavy atom. The Morgan fingerprint density at radius 3 is 2.49 bits per heavy atom. The molecule has 0 saturated carbocycles. The molecule has 3 aromatic rings. The summed E-state index contributed by atoms with van der Waals surface area (Å²) >= 11 is 18.9. The van der Waals surface area contributed by atoms with Crippen LogP contribution < -0.4 is 19.2 Å². The van der Waals surface area contributed by atoms with E-state index in [0.29, 0.717) is 41.7 Å². The maximum absolute atomic E-state index is 12.5. The van der Waals surface area contributed by atoms with Crippen molar-refractivity contribution < 1.29 is 22.7 Å². The molecule has 0 aliphatic rings. The van der Waals surface area contributed by atoms with Crippen molar-refractivity contribution in [1.29, 1.82) is 0 Å². The van der Waals surface area contributed by atoms with Crippen molar-refractivity contribution in [3.8, 4) is 11.5 Å². The van der Waals surface area contributed by atoms with Crippen LogP contribution in [0.15, 0.2) is 68.6 Å². The van der Waals surface area contributed by atoms with Crippen molar-refractivity contribution in [2.45, 2.75) is 6.61 Å². The van der Waals surface area contributed by atoms with Gasteiger partial charge >= 0.3 is 0 Å². The van der Waals surface area contributed by atoms with Crippen molar-refractivity contribution in [3.05, 3.63) is 84.7 Å². The molecule has 0 fully saturated rings. The highest BCUT2D eigenvalue weighted by Crippen LogP contribution is 2.37. The smallest absolute Gasteiger partial charge is 0.260 e. The van der Waals surface area contributed by atoms with Crippen molar-refractivity contribution in [3.63, 3.8) is 0 Å². The monoisotopic (exact) mass is 691 g/mol. The quantitative estimate of drug-likeness (QED) is 0.207. The number of benzene rings is 3. The maximum atomic E-state index is 12.5. The largest absolute Gasteiger partial charge is 0.493 e. The Kier molecular flexibility index (Phi) is 10.3. The molecule has 0 atom stereocenters. The lowest BCUT2D eigenvalue weighted by Crippen LogP contribution is -2.39.